The SMILES string of the molecule is COCCN1C(=O)C(CC(=O)Nc2ccc(Br)cc2)SC1=Nc1ccc(C)c(C)c1. The van der Waals surface area contributed by atoms with Crippen molar-refractivity contribution in [2.75, 3.05) is 25.6 Å². The lowest BCUT2D eigenvalue weighted by Gasteiger charge is -2.16. The Hall–Kier alpha value is -2.16. The quantitative estimate of drug-likeness (QED) is 0.613. The number of hydrogen-bond acceptors (Lipinski definition) is 5. The van der Waals surface area contributed by atoms with E-state index >= 15 is 0 Å². The lowest BCUT2D eigenvalue weighted by atomic mass is 10.1. The summed E-state index contributed by atoms with van der Waals surface area (Å²) in [6.45, 7) is 4.88. The first-order valence-electron chi connectivity index (χ1n) is 9.55. The summed E-state index contributed by atoms with van der Waals surface area (Å²) in [5.41, 5.74) is 3.81. The Morgan fingerprint density at radius 3 is 2.60 bits per heavy atom. The number of aliphatic imine (C=N–C) groups is 1. The summed E-state index contributed by atoms with van der Waals surface area (Å²) in [6.07, 6.45) is 0.0784. The Labute approximate surface area is 189 Å². The molecule has 0 spiro atoms. The third kappa shape index (κ3) is 5.71. The van der Waals surface area contributed by atoms with Crippen LogP contribution in [-0.2, 0) is 14.3 Å². The van der Waals surface area contributed by atoms with Crippen molar-refractivity contribution in [3.8, 4) is 0 Å². The molecule has 1 fully saturated rings. The average Bonchev–Trinajstić information content (AvgIpc) is 2.99. The van der Waals surface area contributed by atoms with E-state index in [1.54, 1.807) is 12.0 Å². The minimum absolute atomic E-state index is 0.0784. The molecule has 1 aliphatic heterocycles. The predicted molar refractivity (Wildman–Crippen MR) is 125 cm³/mol. The summed E-state index contributed by atoms with van der Waals surface area (Å²) in [5, 5.41) is 2.93. The van der Waals surface area contributed by atoms with Gasteiger partial charge in [-0.1, -0.05) is 33.8 Å². The number of ether oxygens (including phenoxy) is 1. The largest absolute Gasteiger partial charge is 0.383 e. The fourth-order valence-electron chi connectivity index (χ4n) is 2.93. The number of anilines is 1. The van der Waals surface area contributed by atoms with Gasteiger partial charge in [-0.2, -0.15) is 0 Å². The molecular weight excluding hydrogens is 466 g/mol. The van der Waals surface area contributed by atoms with Crippen LogP contribution in [-0.4, -0.2) is 47.4 Å². The number of carbonyl (C=O) groups excluding carboxylic acids is 2. The summed E-state index contributed by atoms with van der Waals surface area (Å²) in [4.78, 5) is 31.7. The Balaban J connectivity index is 1.74. The molecule has 2 amide bonds. The molecule has 0 saturated carbocycles. The second-order valence-electron chi connectivity index (χ2n) is 7.01. The van der Waals surface area contributed by atoms with E-state index in [0.29, 0.717) is 24.0 Å². The van der Waals surface area contributed by atoms with E-state index in [2.05, 4.69) is 26.2 Å². The molecule has 30 heavy (non-hydrogen) atoms. The molecular formula is C22H24BrN3O3S. The Bertz CT molecular complexity index is 963. The maximum absolute atomic E-state index is 12.9. The molecule has 6 nitrogen and oxygen atoms in total. The maximum atomic E-state index is 12.9. The molecule has 2 aromatic carbocycles. The zero-order valence-electron chi connectivity index (χ0n) is 17.1. The molecule has 8 heteroatoms. The standard InChI is InChI=1S/C22H24BrN3O3S/c1-14-4-7-18(12-15(14)2)25-22-26(10-11-29-3)21(28)19(30-22)13-20(27)24-17-8-5-16(23)6-9-17/h4-9,12,19H,10-11,13H2,1-3H3,(H,24,27). The van der Waals surface area contributed by atoms with Gasteiger partial charge in [0.2, 0.25) is 11.8 Å². The van der Waals surface area contributed by atoms with Crippen molar-refractivity contribution < 1.29 is 14.3 Å². The Kier molecular flexibility index (Phi) is 7.69. The van der Waals surface area contributed by atoms with Crippen molar-refractivity contribution in [2.45, 2.75) is 25.5 Å². The molecule has 2 aromatic rings. The van der Waals surface area contributed by atoms with Gasteiger partial charge >= 0.3 is 0 Å². The van der Waals surface area contributed by atoms with Crippen LogP contribution in [0.5, 0.6) is 0 Å². The van der Waals surface area contributed by atoms with Crippen LogP contribution in [0.3, 0.4) is 0 Å². The number of amidine groups is 1. The van der Waals surface area contributed by atoms with E-state index in [0.717, 1.165) is 15.7 Å². The minimum atomic E-state index is -0.511. The number of aryl methyl sites for hydroxylation is 2. The lowest BCUT2D eigenvalue weighted by Crippen LogP contribution is -2.35. The minimum Gasteiger partial charge on any atom is -0.383 e. The topological polar surface area (TPSA) is 71.0 Å². The number of nitrogens with zero attached hydrogens (tertiary/aromatic N) is 2. The van der Waals surface area contributed by atoms with Gasteiger partial charge in [-0.05, 0) is 61.4 Å². The molecule has 1 heterocycles. The van der Waals surface area contributed by atoms with Gasteiger partial charge in [0.15, 0.2) is 5.17 Å². The highest BCUT2D eigenvalue weighted by Crippen LogP contribution is 2.32. The van der Waals surface area contributed by atoms with E-state index in [4.69, 9.17) is 4.74 Å². The number of methoxy groups -OCH3 is 1. The van der Waals surface area contributed by atoms with Crippen LogP contribution in [0.1, 0.15) is 17.5 Å². The molecule has 1 saturated heterocycles. The van der Waals surface area contributed by atoms with Gasteiger partial charge in [0, 0.05) is 23.7 Å². The first-order valence-corrected chi connectivity index (χ1v) is 11.2. The van der Waals surface area contributed by atoms with Crippen molar-refractivity contribution in [1.82, 2.24) is 4.90 Å². The van der Waals surface area contributed by atoms with Crippen LogP contribution in [0, 0.1) is 13.8 Å². The third-order valence-corrected chi connectivity index (χ3v) is 6.46. The van der Waals surface area contributed by atoms with Crippen molar-refractivity contribution in [3.63, 3.8) is 0 Å². The molecule has 0 radical (unpaired) electrons. The van der Waals surface area contributed by atoms with E-state index in [1.165, 1.54) is 17.3 Å². The number of halogens is 1. The zero-order valence-corrected chi connectivity index (χ0v) is 19.5. The highest BCUT2D eigenvalue weighted by atomic mass is 79.9. The van der Waals surface area contributed by atoms with Crippen LogP contribution < -0.4 is 5.32 Å². The molecule has 0 bridgehead atoms. The maximum Gasteiger partial charge on any atom is 0.242 e. The van der Waals surface area contributed by atoms with E-state index < -0.39 is 5.25 Å². The number of benzene rings is 2. The normalized spacial score (nSPS) is 17.6. The number of carbonyl (C=O) groups is 2. The fourth-order valence-corrected chi connectivity index (χ4v) is 4.38. The van der Waals surface area contributed by atoms with Crippen molar-refractivity contribution in [2.24, 2.45) is 4.99 Å². The van der Waals surface area contributed by atoms with Crippen LogP contribution in [0.2, 0.25) is 0 Å². The number of nitrogens with one attached hydrogen (secondary N) is 1. The number of amides is 2. The van der Waals surface area contributed by atoms with Gasteiger partial charge < -0.3 is 10.1 Å². The number of thioether (sulfide) groups is 1. The van der Waals surface area contributed by atoms with E-state index in [-0.39, 0.29) is 18.2 Å². The molecule has 1 N–H and O–H groups in total. The fraction of sp³-hybridized carbons (Fsp3) is 0.318. The summed E-state index contributed by atoms with van der Waals surface area (Å²) in [6, 6.07) is 13.3. The average molecular weight is 490 g/mol. The Morgan fingerprint density at radius 2 is 1.93 bits per heavy atom. The molecule has 3 rings (SSSR count). The number of hydrogen-bond donors (Lipinski definition) is 1. The summed E-state index contributed by atoms with van der Waals surface area (Å²) < 4.78 is 6.08. The van der Waals surface area contributed by atoms with Crippen molar-refractivity contribution >= 4 is 56.0 Å². The molecule has 1 aliphatic rings. The van der Waals surface area contributed by atoms with E-state index in [1.807, 2.05) is 56.3 Å². The smallest absolute Gasteiger partial charge is 0.242 e. The van der Waals surface area contributed by atoms with Gasteiger partial charge in [0.05, 0.1) is 18.8 Å². The molecule has 1 unspecified atom stereocenters. The molecule has 1 atom stereocenters. The second kappa shape index (κ2) is 10.2. The highest BCUT2D eigenvalue weighted by molar-refractivity contribution is 9.10. The summed E-state index contributed by atoms with van der Waals surface area (Å²) in [7, 11) is 1.59. The third-order valence-electron chi connectivity index (χ3n) is 4.75. The van der Waals surface area contributed by atoms with Gasteiger partial charge in [-0.15, -0.1) is 0 Å². The van der Waals surface area contributed by atoms with Gasteiger partial charge in [0.1, 0.15) is 5.25 Å². The first kappa shape index (κ1) is 22.5. The first-order chi connectivity index (χ1) is 14.4. The molecule has 158 valence electrons. The van der Waals surface area contributed by atoms with E-state index in [9.17, 15) is 9.59 Å². The summed E-state index contributed by atoms with van der Waals surface area (Å²) in [5.74, 6) is -0.326. The van der Waals surface area contributed by atoms with Crippen LogP contribution in [0.15, 0.2) is 51.9 Å². The highest BCUT2D eigenvalue weighted by Gasteiger charge is 2.39. The molecule has 0 aliphatic carbocycles. The van der Waals surface area contributed by atoms with Gasteiger partial charge in [0.25, 0.3) is 0 Å². The monoisotopic (exact) mass is 489 g/mol. The van der Waals surface area contributed by atoms with Gasteiger partial charge in [-0.25, -0.2) is 4.99 Å². The van der Waals surface area contributed by atoms with Crippen molar-refractivity contribution in [1.29, 1.82) is 0 Å². The van der Waals surface area contributed by atoms with Crippen LogP contribution in [0.25, 0.3) is 0 Å². The summed E-state index contributed by atoms with van der Waals surface area (Å²) >= 11 is 4.70. The van der Waals surface area contributed by atoms with Gasteiger partial charge in [-0.3, -0.25) is 14.5 Å². The second-order valence-corrected chi connectivity index (χ2v) is 9.10. The number of rotatable bonds is 7. The Morgan fingerprint density at radius 1 is 1.20 bits per heavy atom. The molecule has 0 aromatic heterocycles. The predicted octanol–water partition coefficient (Wildman–Crippen LogP) is 4.67. The van der Waals surface area contributed by atoms with Crippen LogP contribution >= 0.6 is 27.7 Å². The lowest BCUT2D eigenvalue weighted by molar-refractivity contribution is -0.128. The van der Waals surface area contributed by atoms with Crippen LogP contribution in [0.4, 0.5) is 11.4 Å². The van der Waals surface area contributed by atoms with Crippen molar-refractivity contribution in [3.05, 3.63) is 58.1 Å². The zero-order chi connectivity index (χ0) is 21.7.